The highest BCUT2D eigenvalue weighted by Crippen LogP contribution is 2.19. The smallest absolute Gasteiger partial charge is 0.481 e. The van der Waals surface area contributed by atoms with Gasteiger partial charge in [-0.3, -0.25) is 4.79 Å². The molecule has 0 saturated heterocycles. The molecule has 0 atom stereocenters. The van der Waals surface area contributed by atoms with Crippen LogP contribution in [0.25, 0.3) is 0 Å². The number of carboxylic acids is 1. The number of unbranched alkanes of at least 4 members (excludes halogenated alkanes) is 24. The molecule has 0 radical (unpaired) electrons. The molecule has 0 heterocycles. The van der Waals surface area contributed by atoms with Crippen LogP contribution in [0.1, 0.15) is 167 Å². The van der Waals surface area contributed by atoms with Crippen molar-refractivity contribution in [3.8, 4) is 0 Å². The zero-order valence-electron chi connectivity index (χ0n) is 25.2. The maximum atomic E-state index is 10.5. The Labute approximate surface area is 232 Å². The van der Waals surface area contributed by atoms with Gasteiger partial charge in [-0.2, -0.15) is 0 Å². The standard InChI is InChI=1S/C31H64O5Si/c1-34-37(35-2,36-3)30-28-26-24-22-20-18-16-14-12-10-8-6-4-5-7-9-11-13-15-17-19-21-23-25-27-29-31(32)33/h4-30H2,1-3H3,(H,32,33). The topological polar surface area (TPSA) is 65.0 Å². The third-order valence-electron chi connectivity index (χ3n) is 7.81. The van der Waals surface area contributed by atoms with Crippen LogP contribution in [-0.4, -0.2) is 41.2 Å². The lowest BCUT2D eigenvalue weighted by Crippen LogP contribution is -2.42. The predicted octanol–water partition coefficient (Wildman–Crippen LogP) is 10.1. The fourth-order valence-electron chi connectivity index (χ4n) is 5.24. The minimum absolute atomic E-state index is 0.339. The van der Waals surface area contributed by atoms with Crippen molar-refractivity contribution in [2.75, 3.05) is 21.3 Å². The van der Waals surface area contributed by atoms with Crippen LogP contribution in [0.3, 0.4) is 0 Å². The van der Waals surface area contributed by atoms with Gasteiger partial charge in [0.1, 0.15) is 0 Å². The van der Waals surface area contributed by atoms with Crippen molar-refractivity contribution >= 4 is 14.8 Å². The summed E-state index contributed by atoms with van der Waals surface area (Å²) in [6, 6.07) is 0.929. The minimum Gasteiger partial charge on any atom is -0.481 e. The number of rotatable bonds is 31. The molecule has 0 saturated carbocycles. The van der Waals surface area contributed by atoms with Crippen molar-refractivity contribution in [2.45, 2.75) is 173 Å². The van der Waals surface area contributed by atoms with Gasteiger partial charge in [0.2, 0.25) is 0 Å². The molecule has 0 aromatic carbocycles. The van der Waals surface area contributed by atoms with E-state index >= 15 is 0 Å². The van der Waals surface area contributed by atoms with Gasteiger partial charge in [0.15, 0.2) is 0 Å². The summed E-state index contributed by atoms with van der Waals surface area (Å²) >= 11 is 0. The summed E-state index contributed by atoms with van der Waals surface area (Å²) in [6.07, 6.45) is 33.8. The SMILES string of the molecule is CO[Si](CCCCCCCCCCCCCCCCCCCCCCCCCCCC(=O)O)(OC)OC. The lowest BCUT2D eigenvalue weighted by molar-refractivity contribution is -0.137. The zero-order valence-corrected chi connectivity index (χ0v) is 26.2. The highest BCUT2D eigenvalue weighted by atomic mass is 28.4. The van der Waals surface area contributed by atoms with Crippen molar-refractivity contribution < 1.29 is 23.2 Å². The molecule has 0 fully saturated rings. The van der Waals surface area contributed by atoms with Gasteiger partial charge in [0.25, 0.3) is 0 Å². The number of hydrogen-bond acceptors (Lipinski definition) is 4. The number of carbonyl (C=O) groups is 1. The number of aliphatic carboxylic acids is 1. The van der Waals surface area contributed by atoms with E-state index in [0.29, 0.717) is 6.42 Å². The summed E-state index contributed by atoms with van der Waals surface area (Å²) < 4.78 is 16.4. The first-order chi connectivity index (χ1) is 18.1. The van der Waals surface area contributed by atoms with Crippen molar-refractivity contribution in [3.63, 3.8) is 0 Å². The van der Waals surface area contributed by atoms with E-state index in [1.54, 1.807) is 21.3 Å². The zero-order chi connectivity index (χ0) is 27.3. The van der Waals surface area contributed by atoms with Gasteiger partial charge >= 0.3 is 14.8 Å². The third kappa shape index (κ3) is 25.6. The van der Waals surface area contributed by atoms with E-state index in [2.05, 4.69) is 0 Å². The average Bonchev–Trinajstić information content (AvgIpc) is 2.90. The van der Waals surface area contributed by atoms with E-state index in [1.165, 1.54) is 141 Å². The quantitative estimate of drug-likeness (QED) is 0.0694. The predicted molar refractivity (Wildman–Crippen MR) is 159 cm³/mol. The van der Waals surface area contributed by atoms with Gasteiger partial charge in [-0.25, -0.2) is 0 Å². The fraction of sp³-hybridized carbons (Fsp3) is 0.968. The molecule has 0 aliphatic carbocycles. The molecule has 0 amide bonds. The lowest BCUT2D eigenvalue weighted by Gasteiger charge is -2.24. The Kier molecular flexibility index (Phi) is 28.2. The molecule has 0 bridgehead atoms. The molecule has 1 N–H and O–H groups in total. The van der Waals surface area contributed by atoms with Crippen LogP contribution in [0, 0.1) is 0 Å². The number of hydrogen-bond donors (Lipinski definition) is 1. The second-order valence-corrected chi connectivity index (χ2v) is 14.1. The Balaban J connectivity index is 3.15. The minimum atomic E-state index is -2.35. The van der Waals surface area contributed by atoms with Crippen LogP contribution in [0.2, 0.25) is 6.04 Å². The average molecular weight is 545 g/mol. The molecule has 37 heavy (non-hydrogen) atoms. The molecule has 0 unspecified atom stereocenters. The Bertz CT molecular complexity index is 462. The maximum absolute atomic E-state index is 10.5. The van der Waals surface area contributed by atoms with Crippen molar-refractivity contribution in [1.29, 1.82) is 0 Å². The van der Waals surface area contributed by atoms with E-state index in [9.17, 15) is 4.79 Å². The summed E-state index contributed by atoms with van der Waals surface area (Å²) in [5.74, 6) is -0.654. The fourth-order valence-corrected chi connectivity index (χ4v) is 7.04. The Morgan fingerprint density at radius 1 is 0.432 bits per heavy atom. The first kappa shape index (κ1) is 36.6. The molecule has 0 aromatic rings. The Morgan fingerprint density at radius 2 is 0.649 bits per heavy atom. The summed E-state index contributed by atoms with van der Waals surface area (Å²) in [6.45, 7) is 0. The van der Waals surface area contributed by atoms with Crippen LogP contribution < -0.4 is 0 Å². The van der Waals surface area contributed by atoms with E-state index in [1.807, 2.05) is 0 Å². The highest BCUT2D eigenvalue weighted by Gasteiger charge is 2.36. The summed E-state index contributed by atoms with van der Waals surface area (Å²) in [5.41, 5.74) is 0. The molecule has 6 heteroatoms. The molecule has 0 spiro atoms. The largest absolute Gasteiger partial charge is 0.500 e. The number of carboxylic acid groups (broad SMARTS) is 1. The van der Waals surface area contributed by atoms with Crippen LogP contribution >= 0.6 is 0 Å². The first-order valence-corrected chi connectivity index (χ1v) is 17.9. The first-order valence-electron chi connectivity index (χ1n) is 16.0. The van der Waals surface area contributed by atoms with Crippen LogP contribution in [0.5, 0.6) is 0 Å². The van der Waals surface area contributed by atoms with E-state index in [0.717, 1.165) is 25.3 Å². The van der Waals surface area contributed by atoms with Gasteiger partial charge in [-0.15, -0.1) is 0 Å². The van der Waals surface area contributed by atoms with Gasteiger partial charge in [0.05, 0.1) is 0 Å². The molecule has 0 aliphatic rings. The normalized spacial score (nSPS) is 11.9. The summed E-state index contributed by atoms with van der Waals surface area (Å²) in [5, 5.41) is 8.62. The monoisotopic (exact) mass is 544 g/mol. The second-order valence-electron chi connectivity index (χ2n) is 11.0. The van der Waals surface area contributed by atoms with Crippen LogP contribution in [0.4, 0.5) is 0 Å². The molecule has 0 aliphatic heterocycles. The summed E-state index contributed by atoms with van der Waals surface area (Å²) in [4.78, 5) is 10.5. The molecule has 0 rings (SSSR count). The molecular weight excluding hydrogens is 480 g/mol. The lowest BCUT2D eigenvalue weighted by atomic mass is 10.0. The van der Waals surface area contributed by atoms with Gasteiger partial charge in [-0.1, -0.05) is 148 Å². The Morgan fingerprint density at radius 3 is 0.865 bits per heavy atom. The van der Waals surface area contributed by atoms with Crippen LogP contribution in [0.15, 0.2) is 0 Å². The van der Waals surface area contributed by atoms with Gasteiger partial charge < -0.3 is 18.4 Å². The van der Waals surface area contributed by atoms with E-state index in [4.69, 9.17) is 18.4 Å². The molecule has 222 valence electrons. The maximum Gasteiger partial charge on any atom is 0.500 e. The molecule has 5 nitrogen and oxygen atoms in total. The van der Waals surface area contributed by atoms with Crippen molar-refractivity contribution in [3.05, 3.63) is 0 Å². The van der Waals surface area contributed by atoms with E-state index in [-0.39, 0.29) is 0 Å². The molecule has 0 aromatic heterocycles. The third-order valence-corrected chi connectivity index (χ3v) is 10.6. The Hall–Kier alpha value is -0.433. The van der Waals surface area contributed by atoms with E-state index < -0.39 is 14.8 Å². The van der Waals surface area contributed by atoms with Gasteiger partial charge in [-0.05, 0) is 12.8 Å². The molecular formula is C31H64O5Si. The van der Waals surface area contributed by atoms with Crippen LogP contribution in [-0.2, 0) is 18.1 Å². The van der Waals surface area contributed by atoms with Crippen molar-refractivity contribution in [1.82, 2.24) is 0 Å². The second kappa shape index (κ2) is 28.6. The summed E-state index contributed by atoms with van der Waals surface area (Å²) in [7, 11) is 2.75. The van der Waals surface area contributed by atoms with Gasteiger partial charge in [0, 0.05) is 33.8 Å². The highest BCUT2D eigenvalue weighted by molar-refractivity contribution is 6.60. The van der Waals surface area contributed by atoms with Crippen molar-refractivity contribution in [2.24, 2.45) is 0 Å².